The van der Waals surface area contributed by atoms with Crippen LogP contribution in [0.3, 0.4) is 0 Å². The number of hydrogen-bond donors (Lipinski definition) is 0. The first kappa shape index (κ1) is 77.5. The Labute approximate surface area is 516 Å². The number of methoxy groups -OCH3 is 4. The molecule has 1 saturated carbocycles. The minimum Gasteiger partial charge on any atom is -0.462 e. The number of esters is 2. The number of carbonyl (C=O) groups excluding carboxylic acids is 2. The molecule has 1 aliphatic carbocycles. The standard InChI is InChI=1S/C64H110O20P2/c1-8-10-12-14-16-18-20-22-24-26-28-30-38-44-57(65)74-48-56(82-58(66)45-39-31-29-27-25-23-21-19-17-15-13-11-9-2)49-81-85(67,73-7)83-63-60(76-51-70-4)59(75-50-69-3)61(77-52-71-5)64(62(63)78-53-72-6)84-86(68,79-46-54-40-34-32-35-41-54)80-47-55-42-36-33-37-43-55/h32-37,40-43,56,59-64H,8-31,38-39,44-53H2,1-7H3/t56-,59+,60-,61-,62+,63-,64+,85?/m1/s1. The Hall–Kier alpha value is -2.72. The Bertz CT molecular complexity index is 1990. The van der Waals surface area contributed by atoms with Crippen LogP contribution in [0, 0.1) is 0 Å². The van der Waals surface area contributed by atoms with Gasteiger partial charge in [0, 0.05) is 48.4 Å². The number of carbonyl (C=O) groups is 2. The number of phosphoric acid groups is 2. The van der Waals surface area contributed by atoms with Crippen molar-refractivity contribution in [2.45, 2.75) is 250 Å². The van der Waals surface area contributed by atoms with E-state index in [1.807, 2.05) is 12.1 Å². The van der Waals surface area contributed by atoms with Crippen LogP contribution < -0.4 is 0 Å². The molecule has 0 spiro atoms. The molecule has 0 bridgehead atoms. The van der Waals surface area contributed by atoms with Crippen LogP contribution in [-0.4, -0.2) is 131 Å². The first-order valence-electron chi connectivity index (χ1n) is 31.9. The van der Waals surface area contributed by atoms with Gasteiger partial charge < -0.3 is 47.4 Å². The number of hydrogen-bond acceptors (Lipinski definition) is 20. The third-order valence-corrected chi connectivity index (χ3v) is 17.6. The van der Waals surface area contributed by atoms with E-state index < -0.39 is 90.3 Å². The van der Waals surface area contributed by atoms with Crippen molar-refractivity contribution in [3.63, 3.8) is 0 Å². The molecular weight excluding hydrogens is 1150 g/mol. The molecule has 2 aromatic rings. The molecule has 8 atom stereocenters. The van der Waals surface area contributed by atoms with E-state index in [0.717, 1.165) is 52.1 Å². The summed E-state index contributed by atoms with van der Waals surface area (Å²) in [5.41, 5.74) is 1.31. The molecule has 0 saturated heterocycles. The summed E-state index contributed by atoms with van der Waals surface area (Å²) in [6.07, 6.45) is 20.5. The molecule has 20 nitrogen and oxygen atoms in total. The van der Waals surface area contributed by atoms with Crippen molar-refractivity contribution < 1.29 is 93.2 Å². The number of benzene rings is 2. The van der Waals surface area contributed by atoms with Crippen molar-refractivity contribution in [1.29, 1.82) is 0 Å². The van der Waals surface area contributed by atoms with Crippen LogP contribution in [0.2, 0.25) is 0 Å². The lowest BCUT2D eigenvalue weighted by Gasteiger charge is -2.49. The average Bonchev–Trinajstić information content (AvgIpc) is 1.20. The van der Waals surface area contributed by atoms with Gasteiger partial charge in [-0.25, -0.2) is 9.13 Å². The molecular formula is C64H110O20P2. The highest BCUT2D eigenvalue weighted by molar-refractivity contribution is 7.48. The topological polar surface area (TPSA) is 216 Å². The van der Waals surface area contributed by atoms with Crippen LogP contribution >= 0.6 is 15.6 Å². The second-order valence-electron chi connectivity index (χ2n) is 22.0. The van der Waals surface area contributed by atoms with E-state index in [2.05, 4.69) is 13.8 Å². The fourth-order valence-electron chi connectivity index (χ4n) is 10.1. The third-order valence-electron chi connectivity index (χ3n) is 14.8. The van der Waals surface area contributed by atoms with Crippen molar-refractivity contribution in [3.05, 3.63) is 71.8 Å². The van der Waals surface area contributed by atoms with E-state index in [1.165, 1.54) is 138 Å². The monoisotopic (exact) mass is 1260 g/mol. The van der Waals surface area contributed by atoms with Gasteiger partial charge in [0.2, 0.25) is 0 Å². The van der Waals surface area contributed by atoms with Gasteiger partial charge in [0.1, 0.15) is 70.4 Å². The van der Waals surface area contributed by atoms with Crippen molar-refractivity contribution in [2.75, 3.05) is 75.9 Å². The number of rotatable bonds is 57. The zero-order valence-electron chi connectivity index (χ0n) is 53.3. The van der Waals surface area contributed by atoms with E-state index in [0.29, 0.717) is 24.0 Å². The molecule has 22 heteroatoms. The van der Waals surface area contributed by atoms with Crippen LogP contribution in [0.1, 0.15) is 205 Å². The maximum absolute atomic E-state index is 15.2. The average molecular weight is 1260 g/mol. The van der Waals surface area contributed by atoms with Gasteiger partial charge in [-0.3, -0.25) is 36.7 Å². The van der Waals surface area contributed by atoms with E-state index in [9.17, 15) is 9.59 Å². The second kappa shape index (κ2) is 50.0. The smallest absolute Gasteiger partial charge is 0.462 e. The summed E-state index contributed by atoms with van der Waals surface area (Å²) in [6, 6.07) is 18.0. The first-order chi connectivity index (χ1) is 42.0. The van der Waals surface area contributed by atoms with Gasteiger partial charge in [-0.15, -0.1) is 0 Å². The van der Waals surface area contributed by atoms with E-state index >= 15 is 9.13 Å². The predicted molar refractivity (Wildman–Crippen MR) is 329 cm³/mol. The molecule has 1 unspecified atom stereocenters. The number of unbranched alkanes of at least 4 members (excludes halogenated alkanes) is 24. The second-order valence-corrected chi connectivity index (χ2v) is 25.3. The molecule has 3 rings (SSSR count). The van der Waals surface area contributed by atoms with Gasteiger partial charge in [-0.05, 0) is 24.0 Å². The molecule has 0 aromatic heterocycles. The predicted octanol–water partition coefficient (Wildman–Crippen LogP) is 15.5. The molecule has 86 heavy (non-hydrogen) atoms. The molecule has 1 fully saturated rings. The highest BCUT2D eigenvalue weighted by Crippen LogP contribution is 2.57. The summed E-state index contributed by atoms with van der Waals surface area (Å²) in [7, 11) is -2.86. The van der Waals surface area contributed by atoms with Crippen LogP contribution in [0.25, 0.3) is 0 Å². The summed E-state index contributed by atoms with van der Waals surface area (Å²) >= 11 is 0. The normalized spacial score (nSPS) is 19.1. The largest absolute Gasteiger partial charge is 0.475 e. The van der Waals surface area contributed by atoms with Crippen LogP contribution in [0.5, 0.6) is 0 Å². The van der Waals surface area contributed by atoms with E-state index in [4.69, 9.17) is 74.5 Å². The van der Waals surface area contributed by atoms with Gasteiger partial charge in [-0.2, -0.15) is 0 Å². The van der Waals surface area contributed by atoms with Crippen molar-refractivity contribution >= 4 is 27.6 Å². The lowest BCUT2D eigenvalue weighted by molar-refractivity contribution is -0.295. The SMILES string of the molecule is CCCCCCCCCCCCCCCC(=O)OC[C@H](COP(=O)(OC)O[C@@H]1[C@H](OCOC)[C@H](OCOC)[C@@H](OCOC)[C@H](OP(=O)(OCc2ccccc2)OCc2ccccc2)[C@H]1OCOC)OC(=O)CCCCCCCCCCCCCCC. The summed E-state index contributed by atoms with van der Waals surface area (Å²) in [4.78, 5) is 26.7. The van der Waals surface area contributed by atoms with Crippen LogP contribution in [-0.2, 0) is 106 Å². The zero-order chi connectivity index (χ0) is 62.2. The van der Waals surface area contributed by atoms with Crippen molar-refractivity contribution in [2.24, 2.45) is 0 Å². The molecule has 0 amide bonds. The third kappa shape index (κ3) is 34.5. The Balaban J connectivity index is 1.88. The molecule has 0 aliphatic heterocycles. The Morgan fingerprint density at radius 1 is 0.395 bits per heavy atom. The van der Waals surface area contributed by atoms with Crippen molar-refractivity contribution in [1.82, 2.24) is 0 Å². The van der Waals surface area contributed by atoms with Crippen LogP contribution in [0.4, 0.5) is 0 Å². The molecule has 0 heterocycles. The molecule has 0 radical (unpaired) electrons. The summed E-state index contributed by atoms with van der Waals surface area (Å²) in [6.45, 7) is 1.59. The van der Waals surface area contributed by atoms with Gasteiger partial charge in [0.05, 0.1) is 19.8 Å². The van der Waals surface area contributed by atoms with E-state index in [1.54, 1.807) is 48.5 Å². The fourth-order valence-corrected chi connectivity index (χ4v) is 12.5. The first-order valence-corrected chi connectivity index (χ1v) is 34.8. The lowest BCUT2D eigenvalue weighted by atomic mass is 9.84. The highest BCUT2D eigenvalue weighted by atomic mass is 31.2. The summed E-state index contributed by atoms with van der Waals surface area (Å²) in [5, 5.41) is 0. The summed E-state index contributed by atoms with van der Waals surface area (Å²) < 4.78 is 125. The van der Waals surface area contributed by atoms with E-state index in [-0.39, 0.29) is 46.4 Å². The fraction of sp³-hybridized carbons (Fsp3) is 0.781. The lowest BCUT2D eigenvalue weighted by Crippen LogP contribution is -2.67. The minimum absolute atomic E-state index is 0.114. The minimum atomic E-state index is -4.84. The van der Waals surface area contributed by atoms with Gasteiger partial charge in [0.25, 0.3) is 0 Å². The van der Waals surface area contributed by atoms with Crippen LogP contribution in [0.15, 0.2) is 60.7 Å². The molecule has 2 aromatic carbocycles. The molecule has 496 valence electrons. The summed E-state index contributed by atoms with van der Waals surface area (Å²) in [5.74, 6) is -1.00. The molecule has 0 N–H and O–H groups in total. The Morgan fingerprint density at radius 3 is 1.08 bits per heavy atom. The Kier molecular flexibility index (Phi) is 45.1. The maximum atomic E-state index is 15.2. The van der Waals surface area contributed by atoms with Crippen molar-refractivity contribution in [3.8, 4) is 0 Å². The molecule has 1 aliphatic rings. The number of phosphoric ester groups is 2. The number of ether oxygens (including phenoxy) is 10. The van der Waals surface area contributed by atoms with Gasteiger partial charge in [0.15, 0.2) is 6.10 Å². The zero-order valence-corrected chi connectivity index (χ0v) is 55.1. The van der Waals surface area contributed by atoms with Gasteiger partial charge in [-0.1, -0.05) is 229 Å². The Morgan fingerprint density at radius 2 is 0.721 bits per heavy atom. The van der Waals surface area contributed by atoms with Gasteiger partial charge >= 0.3 is 27.6 Å². The highest BCUT2D eigenvalue weighted by Gasteiger charge is 2.59. The quantitative estimate of drug-likeness (QED) is 0.0260. The maximum Gasteiger partial charge on any atom is 0.475 e.